The van der Waals surface area contributed by atoms with Gasteiger partial charge in [-0.3, -0.25) is 4.98 Å². The van der Waals surface area contributed by atoms with Crippen molar-refractivity contribution < 1.29 is 8.42 Å². The van der Waals surface area contributed by atoms with E-state index in [0.717, 1.165) is 16.5 Å². The predicted octanol–water partition coefficient (Wildman–Crippen LogP) is 1.98. The molecule has 0 amide bonds. The number of nitrogens with zero attached hydrogens (tertiary/aromatic N) is 2. The zero-order chi connectivity index (χ0) is 16.4. The van der Waals surface area contributed by atoms with Gasteiger partial charge >= 0.3 is 0 Å². The Bertz CT molecular complexity index is 752. The van der Waals surface area contributed by atoms with E-state index < -0.39 is 10.0 Å². The lowest BCUT2D eigenvalue weighted by atomic mass is 9.94. The van der Waals surface area contributed by atoms with Gasteiger partial charge in [-0.2, -0.15) is 0 Å². The number of hydrogen-bond donors (Lipinski definition) is 1. The van der Waals surface area contributed by atoms with E-state index in [1.807, 2.05) is 44.2 Å². The van der Waals surface area contributed by atoms with Crippen LogP contribution in [0.1, 0.15) is 19.4 Å². The van der Waals surface area contributed by atoms with Gasteiger partial charge < -0.3 is 5.73 Å². The number of benzene rings is 1. The highest BCUT2D eigenvalue weighted by Gasteiger charge is 2.26. The van der Waals surface area contributed by atoms with Crippen molar-refractivity contribution in [3.05, 3.63) is 42.1 Å². The average Bonchev–Trinajstić information content (AvgIpc) is 2.47. The lowest BCUT2D eigenvalue weighted by Crippen LogP contribution is -2.40. The van der Waals surface area contributed by atoms with Gasteiger partial charge in [0.2, 0.25) is 10.0 Å². The predicted molar refractivity (Wildman–Crippen MR) is 89.8 cm³/mol. The van der Waals surface area contributed by atoms with Crippen LogP contribution >= 0.6 is 0 Å². The summed E-state index contributed by atoms with van der Waals surface area (Å²) in [5.74, 6) is -0.0570. The molecule has 0 aliphatic heterocycles. The Kier molecular flexibility index (Phi) is 4.84. The molecular weight excluding hydrogens is 298 g/mol. The maximum absolute atomic E-state index is 12.6. The zero-order valence-corrected chi connectivity index (χ0v) is 14.1. The molecule has 6 heteroatoms. The van der Waals surface area contributed by atoms with E-state index in [1.165, 1.54) is 4.31 Å². The molecule has 0 aliphatic rings. The van der Waals surface area contributed by atoms with Crippen molar-refractivity contribution in [2.45, 2.75) is 19.6 Å². The molecule has 120 valence electrons. The number of aromatic nitrogens is 1. The maximum Gasteiger partial charge on any atom is 0.218 e. The Labute approximate surface area is 132 Å². The van der Waals surface area contributed by atoms with Crippen molar-refractivity contribution in [2.75, 3.05) is 20.1 Å². The Morgan fingerprint density at radius 2 is 1.91 bits per heavy atom. The fraction of sp³-hybridized carbons (Fsp3) is 0.438. The summed E-state index contributed by atoms with van der Waals surface area (Å²) in [6, 6.07) is 9.38. The van der Waals surface area contributed by atoms with Gasteiger partial charge in [-0.25, -0.2) is 12.7 Å². The lowest BCUT2D eigenvalue weighted by Gasteiger charge is -2.28. The van der Waals surface area contributed by atoms with E-state index in [2.05, 4.69) is 4.98 Å². The summed E-state index contributed by atoms with van der Waals surface area (Å²) in [7, 11) is -1.81. The monoisotopic (exact) mass is 321 g/mol. The molecule has 0 atom stereocenters. The van der Waals surface area contributed by atoms with Gasteiger partial charge in [-0.1, -0.05) is 38.1 Å². The summed E-state index contributed by atoms with van der Waals surface area (Å²) in [4.78, 5) is 4.31. The molecule has 22 heavy (non-hydrogen) atoms. The first-order valence-electron chi connectivity index (χ1n) is 7.22. The molecule has 0 fully saturated rings. The van der Waals surface area contributed by atoms with E-state index in [1.54, 1.807) is 13.2 Å². The molecule has 0 saturated heterocycles. The Balaban J connectivity index is 2.28. The van der Waals surface area contributed by atoms with Gasteiger partial charge in [-0.15, -0.1) is 0 Å². The van der Waals surface area contributed by atoms with Gasteiger partial charge in [-0.05, 0) is 23.6 Å². The third-order valence-electron chi connectivity index (χ3n) is 3.73. The molecule has 2 rings (SSSR count). The summed E-state index contributed by atoms with van der Waals surface area (Å²) in [5.41, 5.74) is 6.90. The van der Waals surface area contributed by atoms with Crippen molar-refractivity contribution in [3.8, 4) is 0 Å². The molecule has 0 radical (unpaired) electrons. The minimum absolute atomic E-state index is 0.0570. The van der Waals surface area contributed by atoms with Gasteiger partial charge in [0, 0.05) is 25.2 Å². The van der Waals surface area contributed by atoms with Crippen LogP contribution < -0.4 is 5.73 Å². The Morgan fingerprint density at radius 3 is 2.59 bits per heavy atom. The van der Waals surface area contributed by atoms with Crippen LogP contribution in [0, 0.1) is 5.41 Å². The number of para-hydroxylation sites is 1. The fourth-order valence-corrected chi connectivity index (χ4v) is 3.75. The van der Waals surface area contributed by atoms with Crippen molar-refractivity contribution in [1.82, 2.24) is 9.29 Å². The molecule has 5 nitrogen and oxygen atoms in total. The molecule has 0 unspecified atom stereocenters. The molecule has 0 aliphatic carbocycles. The number of hydrogen-bond acceptors (Lipinski definition) is 4. The van der Waals surface area contributed by atoms with Gasteiger partial charge in [0.1, 0.15) is 0 Å². The summed E-state index contributed by atoms with van der Waals surface area (Å²) >= 11 is 0. The van der Waals surface area contributed by atoms with E-state index in [4.69, 9.17) is 5.73 Å². The van der Waals surface area contributed by atoms with Gasteiger partial charge in [0.05, 0.1) is 11.3 Å². The highest BCUT2D eigenvalue weighted by Crippen LogP contribution is 2.21. The summed E-state index contributed by atoms with van der Waals surface area (Å²) in [6.45, 7) is 4.74. The first-order chi connectivity index (χ1) is 10.2. The topological polar surface area (TPSA) is 76.3 Å². The maximum atomic E-state index is 12.6. The summed E-state index contributed by atoms with van der Waals surface area (Å²) in [6.07, 6.45) is 1.68. The molecule has 1 aromatic carbocycles. The first-order valence-corrected chi connectivity index (χ1v) is 8.83. The summed E-state index contributed by atoms with van der Waals surface area (Å²) < 4.78 is 26.6. The second-order valence-corrected chi connectivity index (χ2v) is 8.45. The summed E-state index contributed by atoms with van der Waals surface area (Å²) in [5, 5.41) is 0.945. The highest BCUT2D eigenvalue weighted by molar-refractivity contribution is 7.88. The van der Waals surface area contributed by atoms with Gasteiger partial charge in [0.25, 0.3) is 0 Å². The third-order valence-corrected chi connectivity index (χ3v) is 5.49. The number of pyridine rings is 1. The number of nitrogens with two attached hydrogens (primary N) is 1. The standard InChI is InChI=1S/C16H23N3O2S/c1-16(2,11-17)12-19(3)22(20,21)10-14-7-4-6-13-8-5-9-18-15(13)14/h4-9H,10-12,17H2,1-3H3. The first kappa shape index (κ1) is 16.9. The van der Waals surface area contributed by atoms with Crippen molar-refractivity contribution in [3.63, 3.8) is 0 Å². The zero-order valence-electron chi connectivity index (χ0n) is 13.3. The van der Waals surface area contributed by atoms with Crippen LogP contribution in [0.2, 0.25) is 0 Å². The Hall–Kier alpha value is -1.50. The largest absolute Gasteiger partial charge is 0.330 e. The normalized spacial score (nSPS) is 13.0. The highest BCUT2D eigenvalue weighted by atomic mass is 32.2. The van der Waals surface area contributed by atoms with E-state index >= 15 is 0 Å². The van der Waals surface area contributed by atoms with E-state index in [0.29, 0.717) is 13.1 Å². The lowest BCUT2D eigenvalue weighted by molar-refractivity contribution is 0.291. The number of sulfonamides is 1. The molecular formula is C16H23N3O2S. The molecule has 0 bridgehead atoms. The number of fused-ring (bicyclic) bond motifs is 1. The van der Waals surface area contributed by atoms with Crippen molar-refractivity contribution in [1.29, 1.82) is 0 Å². The number of rotatable bonds is 6. The second kappa shape index (κ2) is 6.32. The average molecular weight is 321 g/mol. The molecule has 0 spiro atoms. The second-order valence-electron chi connectivity index (χ2n) is 6.37. The smallest absolute Gasteiger partial charge is 0.218 e. The van der Waals surface area contributed by atoms with Crippen molar-refractivity contribution >= 4 is 20.9 Å². The molecule has 1 heterocycles. The van der Waals surface area contributed by atoms with E-state index in [-0.39, 0.29) is 11.2 Å². The van der Waals surface area contributed by atoms with Crippen LogP contribution in [0.5, 0.6) is 0 Å². The van der Waals surface area contributed by atoms with Crippen LogP contribution in [0.25, 0.3) is 10.9 Å². The fourth-order valence-electron chi connectivity index (χ4n) is 2.36. The van der Waals surface area contributed by atoms with E-state index in [9.17, 15) is 8.42 Å². The van der Waals surface area contributed by atoms with Crippen LogP contribution in [-0.2, 0) is 15.8 Å². The van der Waals surface area contributed by atoms with Gasteiger partial charge in [0.15, 0.2) is 0 Å². The van der Waals surface area contributed by atoms with Crippen LogP contribution in [0.15, 0.2) is 36.5 Å². The van der Waals surface area contributed by atoms with Crippen LogP contribution in [-0.4, -0.2) is 37.8 Å². The van der Waals surface area contributed by atoms with Crippen LogP contribution in [0.4, 0.5) is 0 Å². The quantitative estimate of drug-likeness (QED) is 0.882. The molecule has 2 N–H and O–H groups in total. The Morgan fingerprint density at radius 1 is 1.23 bits per heavy atom. The molecule has 2 aromatic rings. The van der Waals surface area contributed by atoms with Crippen LogP contribution in [0.3, 0.4) is 0 Å². The van der Waals surface area contributed by atoms with Crippen molar-refractivity contribution in [2.24, 2.45) is 11.1 Å². The minimum Gasteiger partial charge on any atom is -0.330 e. The minimum atomic E-state index is -3.41. The third kappa shape index (κ3) is 3.82. The molecule has 0 saturated carbocycles. The SMILES string of the molecule is CN(CC(C)(C)CN)S(=O)(=O)Cc1cccc2cccnc12. The molecule has 1 aromatic heterocycles.